The molecule has 11 nitrogen and oxygen atoms in total. The first-order valence-electron chi connectivity index (χ1n) is 13.8. The van der Waals surface area contributed by atoms with E-state index in [1.165, 1.54) is 4.90 Å². The maximum Gasteiger partial charge on any atom is 0.262 e. The minimum atomic E-state index is -0.547. The molecular formula is C30H32ClN9O2. The summed E-state index contributed by atoms with van der Waals surface area (Å²) in [6, 6.07) is 11.5. The Morgan fingerprint density at radius 2 is 2.00 bits per heavy atom. The molecule has 4 aromatic rings. The minimum absolute atomic E-state index is 0.0758. The summed E-state index contributed by atoms with van der Waals surface area (Å²) in [5.41, 5.74) is 4.04. The number of hydrogen-bond acceptors (Lipinski definition) is 7. The molecule has 1 fully saturated rings. The number of likely N-dealkylation sites (N-methyl/N-ethyl adjacent to an activating group) is 1. The van der Waals surface area contributed by atoms with Crippen molar-refractivity contribution in [2.24, 2.45) is 13.0 Å². The fourth-order valence-corrected chi connectivity index (χ4v) is 5.69. The van der Waals surface area contributed by atoms with Gasteiger partial charge in [0.05, 0.1) is 29.9 Å². The number of halogens is 1. The van der Waals surface area contributed by atoms with Crippen LogP contribution in [0.15, 0.2) is 42.7 Å². The number of pyridine rings is 1. The highest BCUT2D eigenvalue weighted by Crippen LogP contribution is 2.40. The summed E-state index contributed by atoms with van der Waals surface area (Å²) >= 11 is 6.36. The first-order valence-corrected chi connectivity index (χ1v) is 14.2. The maximum atomic E-state index is 14.2. The number of nitrogens with one attached hydrogen (secondary N) is 1. The SMILES string of the molecule is CN(C)C(=O)CNC1N(C)C(=O)c2c(nn(Cc3ccnc4ccc(Cl)cc34)c2-c2cc(C#N)cn2C)N1CC1CC1. The van der Waals surface area contributed by atoms with Gasteiger partial charge < -0.3 is 19.3 Å². The third-order valence-corrected chi connectivity index (χ3v) is 8.21. The predicted octanol–water partition coefficient (Wildman–Crippen LogP) is 3.27. The lowest BCUT2D eigenvalue weighted by atomic mass is 10.1. The van der Waals surface area contributed by atoms with Crippen LogP contribution in [0.3, 0.4) is 0 Å². The van der Waals surface area contributed by atoms with E-state index in [9.17, 15) is 14.9 Å². The smallest absolute Gasteiger partial charge is 0.262 e. The van der Waals surface area contributed by atoms with Gasteiger partial charge in [0.1, 0.15) is 17.3 Å². The molecule has 1 unspecified atom stereocenters. The maximum absolute atomic E-state index is 14.2. The van der Waals surface area contributed by atoms with Crippen molar-refractivity contribution in [3.05, 3.63) is 64.4 Å². The van der Waals surface area contributed by atoms with Crippen LogP contribution < -0.4 is 10.2 Å². The fourth-order valence-electron chi connectivity index (χ4n) is 5.52. The first-order chi connectivity index (χ1) is 20.2. The van der Waals surface area contributed by atoms with Crippen LogP contribution in [-0.4, -0.2) is 81.5 Å². The molecule has 6 rings (SSSR count). The zero-order valence-electron chi connectivity index (χ0n) is 24.0. The molecule has 1 saturated carbocycles. The lowest BCUT2D eigenvalue weighted by molar-refractivity contribution is -0.128. The number of aromatic nitrogens is 4. The van der Waals surface area contributed by atoms with Crippen LogP contribution >= 0.6 is 11.6 Å². The average Bonchev–Trinajstić information content (AvgIpc) is 3.60. The molecule has 0 radical (unpaired) electrons. The molecule has 3 aromatic heterocycles. The van der Waals surface area contributed by atoms with Gasteiger partial charge in [-0.15, -0.1) is 0 Å². The van der Waals surface area contributed by atoms with Gasteiger partial charge in [0.15, 0.2) is 12.1 Å². The van der Waals surface area contributed by atoms with Gasteiger partial charge in [-0.05, 0) is 54.7 Å². The average molecular weight is 586 g/mol. The topological polar surface area (TPSA) is 115 Å². The van der Waals surface area contributed by atoms with Crippen molar-refractivity contribution in [1.29, 1.82) is 5.26 Å². The van der Waals surface area contributed by atoms with E-state index in [0.29, 0.717) is 52.4 Å². The Kier molecular flexibility index (Phi) is 7.12. The van der Waals surface area contributed by atoms with E-state index in [2.05, 4.69) is 21.3 Å². The monoisotopic (exact) mass is 585 g/mol. The summed E-state index contributed by atoms with van der Waals surface area (Å²) in [6.07, 6.45) is 5.16. The molecule has 1 atom stereocenters. The van der Waals surface area contributed by atoms with Gasteiger partial charge in [0, 0.05) is 57.5 Å². The Labute approximate surface area is 248 Å². The summed E-state index contributed by atoms with van der Waals surface area (Å²) in [5.74, 6) is 0.741. The fraction of sp³-hybridized carbons (Fsp3) is 0.367. The minimum Gasteiger partial charge on any atom is -0.348 e. The van der Waals surface area contributed by atoms with Crippen molar-refractivity contribution in [2.45, 2.75) is 25.7 Å². The summed E-state index contributed by atoms with van der Waals surface area (Å²) in [7, 11) is 7.02. The molecule has 2 amide bonds. The van der Waals surface area contributed by atoms with Gasteiger partial charge in [0.2, 0.25) is 5.91 Å². The molecule has 0 spiro atoms. The van der Waals surface area contributed by atoms with Crippen LogP contribution in [0.4, 0.5) is 5.82 Å². The third kappa shape index (κ3) is 4.97. The molecule has 0 saturated heterocycles. The van der Waals surface area contributed by atoms with Crippen LogP contribution in [-0.2, 0) is 18.4 Å². The van der Waals surface area contributed by atoms with Gasteiger partial charge in [0.25, 0.3) is 5.91 Å². The second kappa shape index (κ2) is 10.8. The van der Waals surface area contributed by atoms with Crippen LogP contribution in [0.25, 0.3) is 22.3 Å². The van der Waals surface area contributed by atoms with Crippen LogP contribution in [0.1, 0.15) is 34.3 Å². The number of amides is 2. The van der Waals surface area contributed by atoms with E-state index in [-0.39, 0.29) is 18.4 Å². The number of hydrogen-bond donors (Lipinski definition) is 1. The molecule has 1 aliphatic heterocycles. The van der Waals surface area contributed by atoms with Gasteiger partial charge in [-0.2, -0.15) is 10.4 Å². The number of anilines is 1. The molecule has 12 heteroatoms. The molecule has 1 aromatic carbocycles. The number of benzene rings is 1. The molecule has 42 heavy (non-hydrogen) atoms. The summed E-state index contributed by atoms with van der Waals surface area (Å²) in [6.45, 7) is 1.12. The van der Waals surface area contributed by atoms with Crippen molar-refractivity contribution in [3.63, 3.8) is 0 Å². The van der Waals surface area contributed by atoms with E-state index < -0.39 is 6.29 Å². The number of carbonyl (C=O) groups is 2. The van der Waals surface area contributed by atoms with Gasteiger partial charge >= 0.3 is 0 Å². The number of fused-ring (bicyclic) bond motifs is 2. The number of carbonyl (C=O) groups excluding carboxylic acids is 2. The Morgan fingerprint density at radius 3 is 2.69 bits per heavy atom. The Balaban J connectivity index is 1.52. The summed E-state index contributed by atoms with van der Waals surface area (Å²) < 4.78 is 3.70. The third-order valence-electron chi connectivity index (χ3n) is 7.98. The molecule has 4 heterocycles. The van der Waals surface area contributed by atoms with E-state index >= 15 is 0 Å². The summed E-state index contributed by atoms with van der Waals surface area (Å²) in [4.78, 5) is 36.4. The lowest BCUT2D eigenvalue weighted by Gasteiger charge is -2.42. The highest BCUT2D eigenvalue weighted by Gasteiger charge is 2.43. The summed E-state index contributed by atoms with van der Waals surface area (Å²) in [5, 5.41) is 19.5. The Morgan fingerprint density at radius 1 is 1.21 bits per heavy atom. The van der Waals surface area contributed by atoms with Crippen LogP contribution in [0.2, 0.25) is 5.02 Å². The lowest BCUT2D eigenvalue weighted by Crippen LogP contribution is -2.62. The highest BCUT2D eigenvalue weighted by molar-refractivity contribution is 6.31. The van der Waals surface area contributed by atoms with E-state index in [4.69, 9.17) is 16.7 Å². The molecule has 0 bridgehead atoms. The van der Waals surface area contributed by atoms with E-state index in [1.54, 1.807) is 44.5 Å². The Hall–Kier alpha value is -4.40. The largest absolute Gasteiger partial charge is 0.348 e. The molecule has 1 aliphatic carbocycles. The number of aryl methyl sites for hydroxylation is 1. The van der Waals surface area contributed by atoms with Crippen LogP contribution in [0.5, 0.6) is 0 Å². The van der Waals surface area contributed by atoms with Gasteiger partial charge in [-0.3, -0.25) is 24.6 Å². The second-order valence-corrected chi connectivity index (χ2v) is 11.7. The first kappa shape index (κ1) is 27.8. The van der Waals surface area contributed by atoms with Crippen molar-refractivity contribution in [1.82, 2.24) is 34.4 Å². The van der Waals surface area contributed by atoms with E-state index in [0.717, 1.165) is 29.3 Å². The van der Waals surface area contributed by atoms with Crippen molar-refractivity contribution < 1.29 is 9.59 Å². The van der Waals surface area contributed by atoms with Crippen molar-refractivity contribution in [3.8, 4) is 17.5 Å². The molecule has 2 aliphatic rings. The molecule has 216 valence electrons. The quantitative estimate of drug-likeness (QED) is 0.337. The number of nitriles is 1. The zero-order chi connectivity index (χ0) is 29.7. The Bertz CT molecular complexity index is 1750. The van der Waals surface area contributed by atoms with Gasteiger partial charge in [-0.25, -0.2) is 0 Å². The zero-order valence-corrected chi connectivity index (χ0v) is 24.8. The highest BCUT2D eigenvalue weighted by atomic mass is 35.5. The standard InChI is InChI=1S/C30H32ClN9O2/c1-36(2)25(41)14-34-30-38(4)29(42)26-27(24-11-19(13-32)15-37(24)3)40(35-28(26)39(30)16-18-5-6-18)17-20-9-10-33-23-8-7-21(31)12-22(20)23/h7-12,15,18,30,34H,5-6,14,16-17H2,1-4H3. The van der Waals surface area contributed by atoms with Crippen molar-refractivity contribution >= 4 is 40.1 Å². The molecule has 1 N–H and O–H groups in total. The number of nitrogens with zero attached hydrogens (tertiary/aromatic N) is 8. The molecular weight excluding hydrogens is 554 g/mol. The number of rotatable bonds is 8. The normalized spacial score (nSPS) is 16.6. The predicted molar refractivity (Wildman–Crippen MR) is 160 cm³/mol. The van der Waals surface area contributed by atoms with E-state index in [1.807, 2.05) is 40.6 Å². The second-order valence-electron chi connectivity index (χ2n) is 11.2. The van der Waals surface area contributed by atoms with Crippen LogP contribution in [0, 0.1) is 17.2 Å². The van der Waals surface area contributed by atoms with Crippen molar-refractivity contribution in [2.75, 3.05) is 39.1 Å². The van der Waals surface area contributed by atoms with Gasteiger partial charge in [-0.1, -0.05) is 11.6 Å².